The minimum Gasteiger partial charge on any atom is -0.486 e. The van der Waals surface area contributed by atoms with Crippen molar-refractivity contribution in [2.75, 3.05) is 11.5 Å². The van der Waals surface area contributed by atoms with Gasteiger partial charge in [0.15, 0.2) is 9.84 Å². The van der Waals surface area contributed by atoms with Crippen molar-refractivity contribution in [2.24, 2.45) is 0 Å². The average Bonchev–Trinajstić information content (AvgIpc) is 2.54. The minimum absolute atomic E-state index is 0.205. The molecule has 1 saturated heterocycles. The van der Waals surface area contributed by atoms with Crippen LogP contribution < -0.4 is 4.74 Å². The molecule has 1 aliphatic rings. The van der Waals surface area contributed by atoms with Gasteiger partial charge in [0.25, 0.3) is 0 Å². The number of rotatable bonds is 3. The van der Waals surface area contributed by atoms with Crippen molar-refractivity contribution in [1.82, 2.24) is 0 Å². The minimum atomic E-state index is -3.25. The van der Waals surface area contributed by atoms with E-state index in [-0.39, 0.29) is 11.5 Å². The van der Waals surface area contributed by atoms with Crippen molar-refractivity contribution in [3.63, 3.8) is 0 Å². The Labute approximate surface area is 120 Å². The summed E-state index contributed by atoms with van der Waals surface area (Å²) in [5.41, 5.74) is 0.547. The van der Waals surface area contributed by atoms with E-state index in [4.69, 9.17) is 4.74 Å². The Bertz CT molecular complexity index is 569. The van der Waals surface area contributed by atoms with Crippen molar-refractivity contribution in [1.29, 1.82) is 0 Å². The van der Waals surface area contributed by atoms with Gasteiger partial charge in [0.05, 0.1) is 17.6 Å². The topological polar surface area (TPSA) is 83.8 Å². The fourth-order valence-electron chi connectivity index (χ4n) is 2.03. The first-order chi connectivity index (χ1) is 8.78. The SMILES string of the molecule is C[C@H](O)c1cc(Br)ccc1OC1CS(=O)(=O)CC1O. The molecule has 2 N–H and O–H groups in total. The van der Waals surface area contributed by atoms with Crippen molar-refractivity contribution in [3.8, 4) is 5.75 Å². The van der Waals surface area contributed by atoms with Gasteiger partial charge < -0.3 is 14.9 Å². The van der Waals surface area contributed by atoms with Gasteiger partial charge in [0.2, 0.25) is 0 Å². The van der Waals surface area contributed by atoms with E-state index in [1.807, 2.05) is 0 Å². The molecule has 106 valence electrons. The zero-order valence-corrected chi connectivity index (χ0v) is 12.7. The highest BCUT2D eigenvalue weighted by Crippen LogP contribution is 2.30. The van der Waals surface area contributed by atoms with Crippen LogP contribution >= 0.6 is 15.9 Å². The third-order valence-corrected chi connectivity index (χ3v) is 5.15. The molecule has 0 saturated carbocycles. The van der Waals surface area contributed by atoms with Crippen molar-refractivity contribution in [3.05, 3.63) is 28.2 Å². The summed E-state index contributed by atoms with van der Waals surface area (Å²) in [5.74, 6) is -0.0962. The van der Waals surface area contributed by atoms with Crippen LogP contribution in [0.5, 0.6) is 5.75 Å². The van der Waals surface area contributed by atoms with Gasteiger partial charge in [-0.05, 0) is 25.1 Å². The third kappa shape index (κ3) is 3.47. The Morgan fingerprint density at radius 3 is 2.63 bits per heavy atom. The van der Waals surface area contributed by atoms with Gasteiger partial charge in [-0.3, -0.25) is 0 Å². The second kappa shape index (κ2) is 5.40. The predicted octanol–water partition coefficient (Wildman–Crippen LogP) is 1.04. The number of hydrogen-bond acceptors (Lipinski definition) is 5. The molecule has 0 spiro atoms. The molecule has 1 aliphatic heterocycles. The highest BCUT2D eigenvalue weighted by molar-refractivity contribution is 9.10. The molecule has 1 aromatic rings. The smallest absolute Gasteiger partial charge is 0.156 e. The lowest BCUT2D eigenvalue weighted by Crippen LogP contribution is -2.30. The molecule has 1 fully saturated rings. The van der Waals surface area contributed by atoms with E-state index in [0.717, 1.165) is 4.47 Å². The molecular weight excluding hydrogens is 336 g/mol. The number of aliphatic hydroxyl groups excluding tert-OH is 2. The Hall–Kier alpha value is -0.630. The number of hydrogen-bond donors (Lipinski definition) is 2. The van der Waals surface area contributed by atoms with Crippen LogP contribution in [0.1, 0.15) is 18.6 Å². The second-order valence-electron chi connectivity index (χ2n) is 4.66. The molecular formula is C12H15BrO5S. The monoisotopic (exact) mass is 350 g/mol. The third-order valence-electron chi connectivity index (χ3n) is 2.97. The van der Waals surface area contributed by atoms with Gasteiger partial charge in [-0.15, -0.1) is 0 Å². The van der Waals surface area contributed by atoms with Crippen LogP contribution in [-0.4, -0.2) is 42.3 Å². The van der Waals surface area contributed by atoms with Crippen molar-refractivity contribution >= 4 is 25.8 Å². The zero-order valence-electron chi connectivity index (χ0n) is 10.3. The number of aliphatic hydroxyl groups is 2. The van der Waals surface area contributed by atoms with Gasteiger partial charge in [-0.2, -0.15) is 0 Å². The molecule has 3 atom stereocenters. The molecule has 2 rings (SSSR count). The van der Waals surface area contributed by atoms with Crippen LogP contribution in [0.4, 0.5) is 0 Å². The van der Waals surface area contributed by atoms with Crippen LogP contribution in [0.3, 0.4) is 0 Å². The maximum Gasteiger partial charge on any atom is 0.156 e. The molecule has 1 aromatic carbocycles. The van der Waals surface area contributed by atoms with E-state index < -0.39 is 28.1 Å². The maximum atomic E-state index is 11.4. The lowest BCUT2D eigenvalue weighted by atomic mass is 10.1. The Balaban J connectivity index is 2.25. The van der Waals surface area contributed by atoms with E-state index in [9.17, 15) is 18.6 Å². The first kappa shape index (κ1) is 14.8. The summed E-state index contributed by atoms with van der Waals surface area (Å²) in [4.78, 5) is 0. The largest absolute Gasteiger partial charge is 0.486 e. The van der Waals surface area contributed by atoms with Crippen LogP contribution in [0.2, 0.25) is 0 Å². The van der Waals surface area contributed by atoms with Crippen molar-refractivity contribution < 1.29 is 23.4 Å². The van der Waals surface area contributed by atoms with E-state index in [0.29, 0.717) is 11.3 Å². The predicted molar refractivity (Wildman–Crippen MR) is 73.9 cm³/mol. The van der Waals surface area contributed by atoms with E-state index in [1.165, 1.54) is 0 Å². The number of ether oxygens (including phenoxy) is 1. The van der Waals surface area contributed by atoms with E-state index in [1.54, 1.807) is 25.1 Å². The fourth-order valence-corrected chi connectivity index (χ4v) is 4.07. The lowest BCUT2D eigenvalue weighted by Gasteiger charge is -2.19. The highest BCUT2D eigenvalue weighted by atomic mass is 79.9. The molecule has 0 aliphatic carbocycles. The molecule has 1 heterocycles. The van der Waals surface area contributed by atoms with Crippen LogP contribution in [0, 0.1) is 0 Å². The first-order valence-electron chi connectivity index (χ1n) is 5.81. The zero-order chi connectivity index (χ0) is 14.2. The van der Waals surface area contributed by atoms with Gasteiger partial charge >= 0.3 is 0 Å². The summed E-state index contributed by atoms with van der Waals surface area (Å²) < 4.78 is 29.2. The Kier molecular flexibility index (Phi) is 4.20. The number of benzene rings is 1. The molecule has 2 unspecified atom stereocenters. The van der Waals surface area contributed by atoms with E-state index in [2.05, 4.69) is 15.9 Å². The lowest BCUT2D eigenvalue weighted by molar-refractivity contribution is 0.0707. The quantitative estimate of drug-likeness (QED) is 0.850. The second-order valence-corrected chi connectivity index (χ2v) is 7.73. The number of sulfone groups is 1. The van der Waals surface area contributed by atoms with Gasteiger partial charge in [0, 0.05) is 10.0 Å². The summed E-state index contributed by atoms with van der Waals surface area (Å²) in [6.07, 6.45) is -2.57. The van der Waals surface area contributed by atoms with Crippen molar-refractivity contribution in [2.45, 2.75) is 25.2 Å². The highest BCUT2D eigenvalue weighted by Gasteiger charge is 2.38. The Morgan fingerprint density at radius 1 is 1.42 bits per heavy atom. The fraction of sp³-hybridized carbons (Fsp3) is 0.500. The average molecular weight is 351 g/mol. The van der Waals surface area contributed by atoms with Crippen LogP contribution in [0.25, 0.3) is 0 Å². The summed E-state index contributed by atoms with van der Waals surface area (Å²) in [5, 5.41) is 19.4. The summed E-state index contributed by atoms with van der Waals surface area (Å²) in [7, 11) is -3.25. The first-order valence-corrected chi connectivity index (χ1v) is 8.42. The summed E-state index contributed by atoms with van der Waals surface area (Å²) >= 11 is 3.30. The van der Waals surface area contributed by atoms with Crippen LogP contribution in [0.15, 0.2) is 22.7 Å². The van der Waals surface area contributed by atoms with Gasteiger partial charge in [-0.1, -0.05) is 15.9 Å². The molecule has 7 heteroatoms. The molecule has 0 bridgehead atoms. The molecule has 0 radical (unpaired) electrons. The summed E-state index contributed by atoms with van der Waals surface area (Å²) in [6, 6.07) is 5.08. The molecule has 5 nitrogen and oxygen atoms in total. The molecule has 0 amide bonds. The Morgan fingerprint density at radius 2 is 2.11 bits per heavy atom. The molecule has 19 heavy (non-hydrogen) atoms. The maximum absolute atomic E-state index is 11.4. The normalized spacial score (nSPS) is 27.2. The van der Waals surface area contributed by atoms with E-state index >= 15 is 0 Å². The van der Waals surface area contributed by atoms with Gasteiger partial charge in [0.1, 0.15) is 18.0 Å². The van der Waals surface area contributed by atoms with Gasteiger partial charge in [-0.25, -0.2) is 8.42 Å². The number of halogens is 1. The van der Waals surface area contributed by atoms with Crippen LogP contribution in [-0.2, 0) is 9.84 Å². The standard InChI is InChI=1S/C12H15BrO5S/c1-7(14)9-4-8(13)2-3-11(9)18-12-6-19(16,17)5-10(12)15/h2-4,7,10,12,14-15H,5-6H2,1H3/t7-,10?,12?/m0/s1. The summed E-state index contributed by atoms with van der Waals surface area (Å²) in [6.45, 7) is 1.59. The molecule has 0 aromatic heterocycles.